The van der Waals surface area contributed by atoms with Crippen molar-refractivity contribution in [3.05, 3.63) is 41.7 Å². The van der Waals surface area contributed by atoms with Crippen LogP contribution in [0.5, 0.6) is 0 Å². The second kappa shape index (κ2) is 3.38. The zero-order chi connectivity index (χ0) is 10.3. The average molecular weight is 200 g/mol. The number of rotatable bonds is 1. The van der Waals surface area contributed by atoms with Crippen LogP contribution >= 0.6 is 0 Å². The lowest BCUT2D eigenvalue weighted by Gasteiger charge is -2.12. The summed E-state index contributed by atoms with van der Waals surface area (Å²) in [4.78, 5) is 0. The SMILES string of the molecule is Cc1cc2ccccn2c1C1CCCN1. The summed E-state index contributed by atoms with van der Waals surface area (Å²) in [6, 6.07) is 9.20. The summed E-state index contributed by atoms with van der Waals surface area (Å²) in [6.07, 6.45) is 4.73. The molecule has 1 atom stereocenters. The lowest BCUT2D eigenvalue weighted by molar-refractivity contribution is 0.619. The highest BCUT2D eigenvalue weighted by Crippen LogP contribution is 2.28. The maximum absolute atomic E-state index is 3.57. The van der Waals surface area contributed by atoms with Crippen LogP contribution in [0.1, 0.15) is 30.1 Å². The van der Waals surface area contributed by atoms with Gasteiger partial charge in [-0.15, -0.1) is 0 Å². The topological polar surface area (TPSA) is 16.4 Å². The standard InChI is InChI=1S/C13H16N2/c1-10-9-11-5-2-3-8-15(11)13(10)12-6-4-7-14-12/h2-3,5,8-9,12,14H,4,6-7H2,1H3. The smallest absolute Gasteiger partial charge is 0.0481 e. The summed E-state index contributed by atoms with van der Waals surface area (Å²) in [6.45, 7) is 3.37. The van der Waals surface area contributed by atoms with Crippen molar-refractivity contribution in [2.24, 2.45) is 0 Å². The molecule has 1 unspecified atom stereocenters. The molecule has 1 fully saturated rings. The van der Waals surface area contributed by atoms with Gasteiger partial charge in [0, 0.05) is 23.4 Å². The Balaban J connectivity index is 2.19. The van der Waals surface area contributed by atoms with E-state index in [2.05, 4.69) is 47.1 Å². The molecule has 0 amide bonds. The monoisotopic (exact) mass is 200 g/mol. The van der Waals surface area contributed by atoms with E-state index in [9.17, 15) is 0 Å². The van der Waals surface area contributed by atoms with Gasteiger partial charge in [0.15, 0.2) is 0 Å². The van der Waals surface area contributed by atoms with Gasteiger partial charge in [-0.3, -0.25) is 0 Å². The molecule has 2 nitrogen and oxygen atoms in total. The van der Waals surface area contributed by atoms with Crippen molar-refractivity contribution in [2.45, 2.75) is 25.8 Å². The summed E-state index contributed by atoms with van der Waals surface area (Å²) in [5.74, 6) is 0. The van der Waals surface area contributed by atoms with E-state index < -0.39 is 0 Å². The average Bonchev–Trinajstić information content (AvgIpc) is 2.82. The Kier molecular flexibility index (Phi) is 2.03. The predicted octanol–water partition coefficient (Wildman–Crippen LogP) is 2.67. The van der Waals surface area contributed by atoms with Gasteiger partial charge in [0.05, 0.1) is 0 Å². The quantitative estimate of drug-likeness (QED) is 0.748. The van der Waals surface area contributed by atoms with Gasteiger partial charge in [-0.25, -0.2) is 0 Å². The fourth-order valence-electron chi connectivity index (χ4n) is 2.64. The second-order valence-corrected chi connectivity index (χ2v) is 4.36. The first-order valence-corrected chi connectivity index (χ1v) is 5.66. The highest BCUT2D eigenvalue weighted by molar-refractivity contribution is 5.53. The fourth-order valence-corrected chi connectivity index (χ4v) is 2.64. The van der Waals surface area contributed by atoms with Crippen molar-refractivity contribution in [1.29, 1.82) is 0 Å². The van der Waals surface area contributed by atoms with E-state index in [0.29, 0.717) is 6.04 Å². The Bertz CT molecular complexity index is 478. The van der Waals surface area contributed by atoms with E-state index in [1.54, 1.807) is 0 Å². The predicted molar refractivity (Wildman–Crippen MR) is 62.1 cm³/mol. The molecule has 2 heteroatoms. The van der Waals surface area contributed by atoms with Gasteiger partial charge in [-0.05, 0) is 50.1 Å². The van der Waals surface area contributed by atoms with Crippen LogP contribution in [0.3, 0.4) is 0 Å². The van der Waals surface area contributed by atoms with Gasteiger partial charge in [0.2, 0.25) is 0 Å². The molecule has 0 aliphatic carbocycles. The lowest BCUT2D eigenvalue weighted by atomic mass is 10.1. The molecule has 78 valence electrons. The Labute approximate surface area is 89.9 Å². The normalized spacial score (nSPS) is 21.3. The van der Waals surface area contributed by atoms with Crippen molar-refractivity contribution in [3.63, 3.8) is 0 Å². The molecule has 1 aliphatic heterocycles. The number of fused-ring (bicyclic) bond motifs is 1. The van der Waals surface area contributed by atoms with Crippen LogP contribution in [0.15, 0.2) is 30.5 Å². The Morgan fingerprint density at radius 1 is 1.40 bits per heavy atom. The summed E-state index contributed by atoms with van der Waals surface area (Å²) in [7, 11) is 0. The first kappa shape index (κ1) is 8.98. The number of pyridine rings is 1. The third-order valence-electron chi connectivity index (χ3n) is 3.31. The van der Waals surface area contributed by atoms with Gasteiger partial charge < -0.3 is 9.72 Å². The molecule has 15 heavy (non-hydrogen) atoms. The summed E-state index contributed by atoms with van der Waals surface area (Å²) < 4.78 is 2.32. The minimum Gasteiger partial charge on any atom is -0.319 e. The van der Waals surface area contributed by atoms with Gasteiger partial charge >= 0.3 is 0 Å². The van der Waals surface area contributed by atoms with E-state index in [1.807, 2.05) is 0 Å². The minimum absolute atomic E-state index is 0.551. The van der Waals surface area contributed by atoms with Crippen molar-refractivity contribution in [2.75, 3.05) is 6.54 Å². The molecule has 2 aromatic heterocycles. The molecule has 0 aromatic carbocycles. The maximum Gasteiger partial charge on any atom is 0.0481 e. The number of hydrogen-bond donors (Lipinski definition) is 1. The first-order chi connectivity index (χ1) is 7.36. The minimum atomic E-state index is 0.551. The molecule has 0 spiro atoms. The van der Waals surface area contributed by atoms with Crippen LogP contribution in [-0.4, -0.2) is 10.9 Å². The van der Waals surface area contributed by atoms with Crippen LogP contribution in [0.25, 0.3) is 5.52 Å². The van der Waals surface area contributed by atoms with Crippen molar-refractivity contribution >= 4 is 5.52 Å². The lowest BCUT2D eigenvalue weighted by Crippen LogP contribution is -2.15. The van der Waals surface area contributed by atoms with E-state index >= 15 is 0 Å². The van der Waals surface area contributed by atoms with Crippen LogP contribution in [0.4, 0.5) is 0 Å². The van der Waals surface area contributed by atoms with Gasteiger partial charge in [-0.2, -0.15) is 0 Å². The van der Waals surface area contributed by atoms with Crippen LogP contribution in [0.2, 0.25) is 0 Å². The van der Waals surface area contributed by atoms with Crippen LogP contribution in [-0.2, 0) is 0 Å². The molecule has 2 aromatic rings. The van der Waals surface area contributed by atoms with Gasteiger partial charge in [-0.1, -0.05) is 6.07 Å². The summed E-state index contributed by atoms with van der Waals surface area (Å²) in [5, 5.41) is 3.57. The fraction of sp³-hybridized carbons (Fsp3) is 0.385. The molecular weight excluding hydrogens is 184 g/mol. The largest absolute Gasteiger partial charge is 0.319 e. The Morgan fingerprint density at radius 3 is 3.13 bits per heavy atom. The first-order valence-electron chi connectivity index (χ1n) is 5.66. The number of nitrogens with zero attached hydrogens (tertiary/aromatic N) is 1. The van der Waals surface area contributed by atoms with Crippen LogP contribution < -0.4 is 5.32 Å². The number of hydrogen-bond acceptors (Lipinski definition) is 1. The number of nitrogens with one attached hydrogen (secondary N) is 1. The number of aryl methyl sites for hydroxylation is 1. The molecule has 0 bridgehead atoms. The van der Waals surface area contributed by atoms with Crippen molar-refractivity contribution < 1.29 is 0 Å². The molecule has 0 radical (unpaired) electrons. The highest BCUT2D eigenvalue weighted by atomic mass is 15.0. The van der Waals surface area contributed by atoms with Crippen molar-refractivity contribution in [1.82, 2.24) is 9.72 Å². The van der Waals surface area contributed by atoms with Crippen LogP contribution in [0, 0.1) is 6.92 Å². The third-order valence-corrected chi connectivity index (χ3v) is 3.31. The van der Waals surface area contributed by atoms with E-state index in [-0.39, 0.29) is 0 Å². The van der Waals surface area contributed by atoms with Gasteiger partial charge in [0.25, 0.3) is 0 Å². The zero-order valence-electron chi connectivity index (χ0n) is 9.03. The molecule has 1 saturated heterocycles. The molecule has 1 aliphatic rings. The molecule has 1 N–H and O–H groups in total. The Morgan fingerprint density at radius 2 is 2.33 bits per heavy atom. The molecule has 3 heterocycles. The summed E-state index contributed by atoms with van der Waals surface area (Å²) in [5.41, 5.74) is 4.16. The van der Waals surface area contributed by atoms with E-state index in [1.165, 1.54) is 29.6 Å². The highest BCUT2D eigenvalue weighted by Gasteiger charge is 2.20. The third kappa shape index (κ3) is 1.37. The number of aromatic nitrogens is 1. The molecule has 3 rings (SSSR count). The zero-order valence-corrected chi connectivity index (χ0v) is 9.03. The van der Waals surface area contributed by atoms with E-state index in [4.69, 9.17) is 0 Å². The Hall–Kier alpha value is -1.28. The maximum atomic E-state index is 3.57. The molecule has 0 saturated carbocycles. The van der Waals surface area contributed by atoms with Crippen molar-refractivity contribution in [3.8, 4) is 0 Å². The molecular formula is C13H16N2. The van der Waals surface area contributed by atoms with Gasteiger partial charge in [0.1, 0.15) is 0 Å². The summed E-state index contributed by atoms with van der Waals surface area (Å²) >= 11 is 0. The second-order valence-electron chi connectivity index (χ2n) is 4.36. The van der Waals surface area contributed by atoms with E-state index in [0.717, 1.165) is 6.54 Å².